The fourth-order valence-electron chi connectivity index (χ4n) is 2.15. The molecular weight excluding hydrogens is 315 g/mol. The highest BCUT2D eigenvalue weighted by Crippen LogP contribution is 2.27. The molecule has 0 atom stereocenters. The van der Waals surface area contributed by atoms with Crippen molar-refractivity contribution >= 4 is 12.2 Å². The van der Waals surface area contributed by atoms with Crippen molar-refractivity contribution in [2.24, 2.45) is 0 Å². The molecule has 0 aliphatic carbocycles. The van der Waals surface area contributed by atoms with E-state index in [1.54, 1.807) is 24.5 Å². The molecule has 0 spiro atoms. The lowest BCUT2D eigenvalue weighted by atomic mass is 10.1. The molecule has 0 amide bonds. The molecule has 3 rings (SSSR count). The monoisotopic (exact) mass is 327 g/mol. The van der Waals surface area contributed by atoms with Crippen LogP contribution in [0.5, 0.6) is 0 Å². The third kappa shape index (κ3) is 3.84. The number of aromatic nitrogens is 3. The largest absolute Gasteiger partial charge is 0.433 e. The molecule has 2 aromatic heterocycles. The van der Waals surface area contributed by atoms with Gasteiger partial charge in [0.15, 0.2) is 0 Å². The Labute approximate surface area is 136 Å². The van der Waals surface area contributed by atoms with Crippen LogP contribution in [0, 0.1) is 0 Å². The molecule has 24 heavy (non-hydrogen) atoms. The predicted octanol–water partition coefficient (Wildman–Crippen LogP) is 4.73. The van der Waals surface area contributed by atoms with Gasteiger partial charge in [-0.15, -0.1) is 0 Å². The van der Waals surface area contributed by atoms with Crippen LogP contribution in [0.2, 0.25) is 0 Å². The minimum absolute atomic E-state index is 0.248. The topological polar surface area (TPSA) is 38.7 Å². The number of hydrogen-bond donors (Lipinski definition) is 0. The van der Waals surface area contributed by atoms with Crippen LogP contribution in [0.4, 0.5) is 13.2 Å². The predicted molar refractivity (Wildman–Crippen MR) is 85.6 cm³/mol. The third-order valence-electron chi connectivity index (χ3n) is 3.29. The first kappa shape index (κ1) is 15.9. The standard InChI is InChI=1S/C18H12F3N3/c19-18(20,21)17-6-2-5-16(24-17)8-7-13-3-1-4-14(9-13)15-10-22-12-23-11-15/h1-12H/b8-7+. The molecule has 6 heteroatoms. The molecule has 120 valence electrons. The number of hydrogen-bond acceptors (Lipinski definition) is 3. The fraction of sp³-hybridized carbons (Fsp3) is 0.0556. The second-order valence-corrected chi connectivity index (χ2v) is 5.03. The van der Waals surface area contributed by atoms with Gasteiger partial charge in [0, 0.05) is 18.0 Å². The normalized spacial score (nSPS) is 11.8. The van der Waals surface area contributed by atoms with Crippen molar-refractivity contribution in [1.82, 2.24) is 15.0 Å². The van der Waals surface area contributed by atoms with Crippen LogP contribution in [0.25, 0.3) is 23.3 Å². The Hall–Kier alpha value is -3.02. The van der Waals surface area contributed by atoms with Gasteiger partial charge in [-0.2, -0.15) is 13.2 Å². The summed E-state index contributed by atoms with van der Waals surface area (Å²) in [7, 11) is 0. The van der Waals surface area contributed by atoms with E-state index in [0.29, 0.717) is 0 Å². The SMILES string of the molecule is FC(F)(F)c1cccc(/C=C/c2cccc(-c3cncnc3)c2)n1. The van der Waals surface area contributed by atoms with E-state index in [1.807, 2.05) is 24.3 Å². The Kier molecular flexibility index (Phi) is 4.37. The lowest BCUT2D eigenvalue weighted by Crippen LogP contribution is -2.07. The van der Waals surface area contributed by atoms with E-state index >= 15 is 0 Å². The van der Waals surface area contributed by atoms with E-state index < -0.39 is 11.9 Å². The molecule has 0 bridgehead atoms. The molecule has 2 heterocycles. The van der Waals surface area contributed by atoms with Gasteiger partial charge < -0.3 is 0 Å². The molecular formula is C18H12F3N3. The van der Waals surface area contributed by atoms with Crippen molar-refractivity contribution in [2.45, 2.75) is 6.18 Å². The summed E-state index contributed by atoms with van der Waals surface area (Å²) in [6.45, 7) is 0. The summed E-state index contributed by atoms with van der Waals surface area (Å²) in [6, 6.07) is 11.4. The van der Waals surface area contributed by atoms with Gasteiger partial charge in [0.25, 0.3) is 0 Å². The average molecular weight is 327 g/mol. The number of rotatable bonds is 3. The van der Waals surface area contributed by atoms with E-state index in [0.717, 1.165) is 22.8 Å². The Morgan fingerprint density at radius 2 is 1.58 bits per heavy atom. The molecule has 0 N–H and O–H groups in total. The Balaban J connectivity index is 1.85. The summed E-state index contributed by atoms with van der Waals surface area (Å²) in [5.41, 5.74) is 1.98. The number of nitrogens with zero attached hydrogens (tertiary/aromatic N) is 3. The summed E-state index contributed by atoms with van der Waals surface area (Å²) in [5, 5.41) is 0. The zero-order valence-electron chi connectivity index (χ0n) is 12.4. The number of pyridine rings is 1. The van der Waals surface area contributed by atoms with Crippen molar-refractivity contribution in [1.29, 1.82) is 0 Å². The first-order valence-electron chi connectivity index (χ1n) is 7.10. The summed E-state index contributed by atoms with van der Waals surface area (Å²) < 4.78 is 38.0. The molecule has 0 fully saturated rings. The van der Waals surface area contributed by atoms with E-state index in [-0.39, 0.29) is 5.69 Å². The maximum Gasteiger partial charge on any atom is 0.433 e. The fourth-order valence-corrected chi connectivity index (χ4v) is 2.15. The van der Waals surface area contributed by atoms with Gasteiger partial charge in [0.2, 0.25) is 0 Å². The van der Waals surface area contributed by atoms with E-state index in [2.05, 4.69) is 15.0 Å². The minimum atomic E-state index is -4.45. The number of alkyl halides is 3. The zero-order chi connectivity index (χ0) is 17.0. The minimum Gasteiger partial charge on any atom is -0.244 e. The van der Waals surface area contributed by atoms with E-state index in [9.17, 15) is 13.2 Å². The molecule has 0 saturated heterocycles. The summed E-state index contributed by atoms with van der Waals surface area (Å²) in [5.74, 6) is 0. The Morgan fingerprint density at radius 1 is 0.833 bits per heavy atom. The molecule has 3 nitrogen and oxygen atoms in total. The summed E-state index contributed by atoms with van der Waals surface area (Å²) in [4.78, 5) is 11.6. The van der Waals surface area contributed by atoms with Crippen LogP contribution in [0.3, 0.4) is 0 Å². The maximum absolute atomic E-state index is 12.7. The van der Waals surface area contributed by atoms with Gasteiger partial charge >= 0.3 is 6.18 Å². The van der Waals surface area contributed by atoms with E-state index in [4.69, 9.17) is 0 Å². The summed E-state index contributed by atoms with van der Waals surface area (Å²) in [6.07, 6.45) is 3.67. The highest BCUT2D eigenvalue weighted by molar-refractivity contribution is 5.72. The maximum atomic E-state index is 12.7. The lowest BCUT2D eigenvalue weighted by Gasteiger charge is -2.05. The molecule has 3 aromatic rings. The first-order valence-corrected chi connectivity index (χ1v) is 7.10. The van der Waals surface area contributed by atoms with Crippen LogP contribution >= 0.6 is 0 Å². The second kappa shape index (κ2) is 6.62. The Bertz CT molecular complexity index is 859. The smallest absolute Gasteiger partial charge is 0.244 e. The van der Waals surface area contributed by atoms with Crippen molar-refractivity contribution in [2.75, 3.05) is 0 Å². The van der Waals surface area contributed by atoms with Crippen LogP contribution in [0.15, 0.2) is 61.2 Å². The van der Waals surface area contributed by atoms with Gasteiger partial charge in [-0.1, -0.05) is 30.3 Å². The third-order valence-corrected chi connectivity index (χ3v) is 3.29. The highest BCUT2D eigenvalue weighted by Gasteiger charge is 2.32. The van der Waals surface area contributed by atoms with Crippen molar-refractivity contribution < 1.29 is 13.2 Å². The molecule has 0 aliphatic heterocycles. The van der Waals surface area contributed by atoms with Crippen LogP contribution in [-0.2, 0) is 6.18 Å². The van der Waals surface area contributed by atoms with Crippen LogP contribution in [0.1, 0.15) is 17.0 Å². The summed E-state index contributed by atoms with van der Waals surface area (Å²) >= 11 is 0. The van der Waals surface area contributed by atoms with Crippen LogP contribution in [-0.4, -0.2) is 15.0 Å². The quantitative estimate of drug-likeness (QED) is 0.698. The average Bonchev–Trinajstić information content (AvgIpc) is 2.61. The molecule has 0 unspecified atom stereocenters. The van der Waals surface area contributed by atoms with Gasteiger partial charge in [-0.3, -0.25) is 0 Å². The lowest BCUT2D eigenvalue weighted by molar-refractivity contribution is -0.141. The van der Waals surface area contributed by atoms with Crippen molar-refractivity contribution in [3.05, 3.63) is 78.1 Å². The highest BCUT2D eigenvalue weighted by atomic mass is 19.4. The van der Waals surface area contributed by atoms with E-state index in [1.165, 1.54) is 18.5 Å². The first-order chi connectivity index (χ1) is 11.5. The Morgan fingerprint density at radius 3 is 2.33 bits per heavy atom. The van der Waals surface area contributed by atoms with Crippen molar-refractivity contribution in [3.8, 4) is 11.1 Å². The number of benzene rings is 1. The van der Waals surface area contributed by atoms with Gasteiger partial charge in [-0.05, 0) is 35.4 Å². The van der Waals surface area contributed by atoms with Crippen LogP contribution < -0.4 is 0 Å². The molecule has 0 aliphatic rings. The van der Waals surface area contributed by atoms with Gasteiger partial charge in [-0.25, -0.2) is 15.0 Å². The molecule has 1 aromatic carbocycles. The number of halogens is 3. The van der Waals surface area contributed by atoms with Gasteiger partial charge in [0.1, 0.15) is 12.0 Å². The molecule has 0 saturated carbocycles. The van der Waals surface area contributed by atoms with Gasteiger partial charge in [0.05, 0.1) is 5.69 Å². The molecule has 0 radical (unpaired) electrons. The second-order valence-electron chi connectivity index (χ2n) is 5.03. The van der Waals surface area contributed by atoms with Crippen molar-refractivity contribution in [3.63, 3.8) is 0 Å². The zero-order valence-corrected chi connectivity index (χ0v) is 12.4.